The van der Waals surface area contributed by atoms with Gasteiger partial charge >= 0.3 is 0 Å². The molecule has 7 heteroatoms. The van der Waals surface area contributed by atoms with Crippen molar-refractivity contribution in [2.75, 3.05) is 19.6 Å². The van der Waals surface area contributed by atoms with Gasteiger partial charge in [0.2, 0.25) is 0 Å². The fraction of sp³-hybridized carbons (Fsp3) is 0.462. The molecule has 2 aromatic rings. The molecule has 0 spiro atoms. The molecule has 0 radical (unpaired) electrons. The van der Waals surface area contributed by atoms with Crippen molar-refractivity contribution in [3.63, 3.8) is 0 Å². The number of halogens is 2. The number of nitrogens with one attached hydrogen (secondary N) is 2. The highest BCUT2D eigenvalue weighted by Gasteiger charge is 2.24. The lowest BCUT2D eigenvalue weighted by molar-refractivity contribution is 0.146. The molecule has 4 nitrogen and oxygen atoms in total. The molecule has 3 N–H and O–H groups in total. The normalized spacial score (nSPS) is 22.1. The van der Waals surface area contributed by atoms with Crippen molar-refractivity contribution in [3.05, 3.63) is 29.0 Å². The number of fused-ring (bicyclic) bond motifs is 1. The minimum Gasteiger partial charge on any atom is -0.391 e. The number of aliphatic hydroxyl groups excluding tert-OH is 1. The van der Waals surface area contributed by atoms with E-state index in [0.29, 0.717) is 13.1 Å². The molecular formula is C13H17ClFN3OS. The topological polar surface area (TPSA) is 57.2 Å². The summed E-state index contributed by atoms with van der Waals surface area (Å²) < 4.78 is 13.9. The van der Waals surface area contributed by atoms with Crippen LogP contribution in [0.1, 0.15) is 5.01 Å². The van der Waals surface area contributed by atoms with E-state index in [1.807, 2.05) is 0 Å². The summed E-state index contributed by atoms with van der Waals surface area (Å²) in [6, 6.07) is 4.65. The molecule has 20 heavy (non-hydrogen) atoms. The first-order valence-corrected chi connectivity index (χ1v) is 7.18. The third kappa shape index (κ3) is 3.45. The summed E-state index contributed by atoms with van der Waals surface area (Å²) in [5.41, 5.74) is 0.839. The summed E-state index contributed by atoms with van der Waals surface area (Å²) in [5.74, 6) is 0.0302. The Morgan fingerprint density at radius 2 is 2.30 bits per heavy atom. The predicted octanol–water partition coefficient (Wildman–Crippen LogP) is 1.53. The second-order valence-electron chi connectivity index (χ2n) is 4.84. The molecule has 1 aliphatic rings. The second kappa shape index (κ2) is 6.78. The van der Waals surface area contributed by atoms with Crippen LogP contribution in [0.25, 0.3) is 10.2 Å². The van der Waals surface area contributed by atoms with Gasteiger partial charge in [0.15, 0.2) is 0 Å². The van der Waals surface area contributed by atoms with Crippen LogP contribution in [-0.4, -0.2) is 35.8 Å². The average Bonchev–Trinajstić information content (AvgIpc) is 2.95. The Morgan fingerprint density at radius 3 is 3.05 bits per heavy atom. The van der Waals surface area contributed by atoms with Gasteiger partial charge in [-0.2, -0.15) is 0 Å². The van der Waals surface area contributed by atoms with Crippen molar-refractivity contribution >= 4 is 34.0 Å². The summed E-state index contributed by atoms with van der Waals surface area (Å²) in [7, 11) is 0. The van der Waals surface area contributed by atoms with E-state index in [0.717, 1.165) is 28.3 Å². The largest absolute Gasteiger partial charge is 0.391 e. The van der Waals surface area contributed by atoms with Crippen molar-refractivity contribution < 1.29 is 9.50 Å². The smallest absolute Gasteiger partial charge is 0.124 e. The van der Waals surface area contributed by atoms with Crippen LogP contribution in [0.5, 0.6) is 0 Å². The zero-order valence-corrected chi connectivity index (χ0v) is 12.4. The molecule has 0 aliphatic carbocycles. The number of benzene rings is 1. The number of aliphatic hydroxyl groups is 1. The lowest BCUT2D eigenvalue weighted by Gasteiger charge is -2.13. The van der Waals surface area contributed by atoms with E-state index in [4.69, 9.17) is 0 Å². The molecule has 2 heterocycles. The summed E-state index contributed by atoms with van der Waals surface area (Å²) >= 11 is 1.50. The third-order valence-corrected chi connectivity index (χ3v) is 4.40. The number of nitrogens with zero attached hydrogens (tertiary/aromatic N) is 1. The molecular weight excluding hydrogens is 301 g/mol. The quantitative estimate of drug-likeness (QED) is 0.800. The number of hydrogen-bond acceptors (Lipinski definition) is 5. The zero-order valence-electron chi connectivity index (χ0n) is 10.8. The first kappa shape index (κ1) is 15.6. The van der Waals surface area contributed by atoms with Gasteiger partial charge in [-0.15, -0.1) is 23.7 Å². The fourth-order valence-corrected chi connectivity index (χ4v) is 3.28. The van der Waals surface area contributed by atoms with E-state index in [1.165, 1.54) is 23.5 Å². The highest BCUT2D eigenvalue weighted by atomic mass is 35.5. The van der Waals surface area contributed by atoms with Crippen molar-refractivity contribution in [2.45, 2.75) is 12.6 Å². The molecule has 110 valence electrons. The number of β-amino-alcohol motifs (C(OH)–C–C–N with tert-alkyl or cyclic N) is 1. The van der Waals surface area contributed by atoms with Crippen molar-refractivity contribution in [1.82, 2.24) is 15.6 Å². The lowest BCUT2D eigenvalue weighted by Crippen LogP contribution is -2.30. The van der Waals surface area contributed by atoms with Crippen LogP contribution in [0.2, 0.25) is 0 Å². The maximum Gasteiger partial charge on any atom is 0.124 e. The molecule has 0 saturated carbocycles. The van der Waals surface area contributed by atoms with Gasteiger partial charge in [-0.1, -0.05) is 0 Å². The number of thiazole rings is 1. The van der Waals surface area contributed by atoms with Gasteiger partial charge < -0.3 is 15.7 Å². The minimum atomic E-state index is -0.267. The highest BCUT2D eigenvalue weighted by molar-refractivity contribution is 7.18. The van der Waals surface area contributed by atoms with Crippen LogP contribution >= 0.6 is 23.7 Å². The molecule has 2 atom stereocenters. The van der Waals surface area contributed by atoms with Crippen LogP contribution in [0.15, 0.2) is 18.2 Å². The first-order chi connectivity index (χ1) is 9.22. The molecule has 1 fully saturated rings. The first-order valence-electron chi connectivity index (χ1n) is 6.37. The number of rotatable bonds is 4. The van der Waals surface area contributed by atoms with E-state index < -0.39 is 0 Å². The van der Waals surface area contributed by atoms with Crippen LogP contribution in [0.3, 0.4) is 0 Å². The van der Waals surface area contributed by atoms with E-state index >= 15 is 0 Å². The highest BCUT2D eigenvalue weighted by Crippen LogP contribution is 2.22. The minimum absolute atomic E-state index is 0. The SMILES string of the molecule is Cl.OC1CNCC1CNCc1nc2ccc(F)cc2s1. The monoisotopic (exact) mass is 317 g/mol. The Labute approximate surface area is 126 Å². The summed E-state index contributed by atoms with van der Waals surface area (Å²) in [4.78, 5) is 4.45. The van der Waals surface area contributed by atoms with Crippen LogP contribution in [0.4, 0.5) is 4.39 Å². The van der Waals surface area contributed by atoms with Crippen LogP contribution < -0.4 is 10.6 Å². The summed E-state index contributed by atoms with van der Waals surface area (Å²) in [5, 5.41) is 17.1. The van der Waals surface area contributed by atoms with E-state index in [1.54, 1.807) is 6.07 Å². The van der Waals surface area contributed by atoms with E-state index in [9.17, 15) is 9.50 Å². The molecule has 0 amide bonds. The van der Waals surface area contributed by atoms with E-state index in [2.05, 4.69) is 15.6 Å². The Morgan fingerprint density at radius 1 is 1.45 bits per heavy atom. The molecule has 1 saturated heterocycles. The lowest BCUT2D eigenvalue weighted by atomic mass is 10.1. The van der Waals surface area contributed by atoms with Gasteiger partial charge in [-0.3, -0.25) is 0 Å². The summed E-state index contributed by atoms with van der Waals surface area (Å²) in [6.45, 7) is 2.94. The Kier molecular flexibility index (Phi) is 5.29. The Hall–Kier alpha value is -0.790. The van der Waals surface area contributed by atoms with Crippen LogP contribution in [-0.2, 0) is 6.54 Å². The molecule has 2 unspecified atom stereocenters. The predicted molar refractivity (Wildman–Crippen MR) is 80.9 cm³/mol. The Balaban J connectivity index is 0.00000147. The number of aromatic nitrogens is 1. The van der Waals surface area contributed by atoms with Crippen molar-refractivity contribution in [2.24, 2.45) is 5.92 Å². The molecule has 1 aromatic carbocycles. The molecule has 1 aliphatic heterocycles. The van der Waals surface area contributed by atoms with Gasteiger partial charge in [-0.25, -0.2) is 9.37 Å². The second-order valence-corrected chi connectivity index (χ2v) is 5.95. The maximum atomic E-state index is 13.1. The van der Waals surface area contributed by atoms with Gasteiger partial charge in [0.05, 0.1) is 16.3 Å². The maximum absolute atomic E-state index is 13.1. The van der Waals surface area contributed by atoms with Gasteiger partial charge in [-0.05, 0) is 18.2 Å². The average molecular weight is 318 g/mol. The summed E-state index contributed by atoms with van der Waals surface area (Å²) in [6.07, 6.45) is -0.267. The molecule has 3 rings (SSSR count). The van der Waals surface area contributed by atoms with E-state index in [-0.39, 0.29) is 30.2 Å². The molecule has 1 aromatic heterocycles. The third-order valence-electron chi connectivity index (χ3n) is 3.38. The molecule has 0 bridgehead atoms. The van der Waals surface area contributed by atoms with Crippen molar-refractivity contribution in [3.8, 4) is 0 Å². The van der Waals surface area contributed by atoms with Gasteiger partial charge in [0.1, 0.15) is 10.8 Å². The van der Waals surface area contributed by atoms with Gasteiger partial charge in [0.25, 0.3) is 0 Å². The zero-order chi connectivity index (χ0) is 13.2. The number of hydrogen-bond donors (Lipinski definition) is 3. The van der Waals surface area contributed by atoms with Gasteiger partial charge in [0, 0.05) is 32.1 Å². The standard InChI is InChI=1S/C13H16FN3OS.ClH/c14-9-1-2-10-12(3-9)19-13(17-10)7-16-5-8-4-15-6-11(8)18;/h1-3,8,11,15-16,18H,4-7H2;1H. The van der Waals surface area contributed by atoms with Crippen LogP contribution in [0, 0.1) is 11.7 Å². The fourth-order valence-electron chi connectivity index (χ4n) is 2.31. The van der Waals surface area contributed by atoms with Crippen molar-refractivity contribution in [1.29, 1.82) is 0 Å². The Bertz CT molecular complexity index is 580.